The van der Waals surface area contributed by atoms with E-state index in [1.807, 2.05) is 0 Å². The highest BCUT2D eigenvalue weighted by molar-refractivity contribution is 6.60. The van der Waals surface area contributed by atoms with Gasteiger partial charge in [0, 0.05) is 19.8 Å². The number of rotatable bonds is 3. The van der Waals surface area contributed by atoms with Crippen LogP contribution in [0.1, 0.15) is 6.92 Å². The Morgan fingerprint density at radius 1 is 1.58 bits per heavy atom. The Hall–Kier alpha value is -1.45. The van der Waals surface area contributed by atoms with Crippen LogP contribution < -0.4 is 5.32 Å². The van der Waals surface area contributed by atoms with Crippen molar-refractivity contribution in [2.24, 2.45) is 9.98 Å². The maximum Gasteiger partial charge on any atom is 0.270 e. The van der Waals surface area contributed by atoms with Crippen LogP contribution in [0.5, 0.6) is 0 Å². The minimum atomic E-state index is -0.248. The van der Waals surface area contributed by atoms with Gasteiger partial charge in [0.2, 0.25) is 0 Å². The molecule has 0 spiro atoms. The third-order valence-electron chi connectivity index (χ3n) is 1.11. The summed E-state index contributed by atoms with van der Waals surface area (Å²) in [6, 6.07) is 0. The van der Waals surface area contributed by atoms with Crippen LogP contribution in [-0.4, -0.2) is 31.9 Å². The molecule has 0 bridgehead atoms. The van der Waals surface area contributed by atoms with Crippen molar-refractivity contribution in [3.63, 3.8) is 0 Å². The van der Waals surface area contributed by atoms with Gasteiger partial charge in [0.05, 0.1) is 6.21 Å². The Kier molecular flexibility index (Phi) is 4.60. The molecule has 0 radical (unpaired) electrons. The van der Waals surface area contributed by atoms with Crippen LogP contribution in [-0.2, 0) is 4.79 Å². The molecule has 0 aromatic heterocycles. The molecule has 0 aromatic carbocycles. The van der Waals surface area contributed by atoms with Crippen molar-refractivity contribution >= 4 is 17.8 Å². The lowest BCUT2D eigenvalue weighted by Crippen LogP contribution is -2.28. The normalized spacial score (nSPS) is 11.8. The SMILES string of the molecule is C=C(C)N=CC(=NC)C(=O)NC. The first-order valence-corrected chi connectivity index (χ1v) is 3.50. The summed E-state index contributed by atoms with van der Waals surface area (Å²) in [5, 5.41) is 2.45. The van der Waals surface area contributed by atoms with Crippen molar-refractivity contribution < 1.29 is 4.79 Å². The summed E-state index contributed by atoms with van der Waals surface area (Å²) in [5.41, 5.74) is 0.931. The van der Waals surface area contributed by atoms with Gasteiger partial charge >= 0.3 is 0 Å². The molecule has 4 nitrogen and oxygen atoms in total. The van der Waals surface area contributed by atoms with Gasteiger partial charge in [-0.1, -0.05) is 6.58 Å². The second kappa shape index (κ2) is 5.23. The second-order valence-corrected chi connectivity index (χ2v) is 2.18. The van der Waals surface area contributed by atoms with Crippen LogP contribution in [0.25, 0.3) is 0 Å². The number of carbonyl (C=O) groups excluding carboxylic acids is 1. The zero-order valence-corrected chi connectivity index (χ0v) is 7.59. The van der Waals surface area contributed by atoms with E-state index in [-0.39, 0.29) is 5.91 Å². The molecule has 1 amide bonds. The zero-order valence-electron chi connectivity index (χ0n) is 7.59. The molecule has 12 heavy (non-hydrogen) atoms. The number of allylic oxidation sites excluding steroid dienone is 1. The lowest BCUT2D eigenvalue weighted by molar-refractivity contribution is -0.114. The van der Waals surface area contributed by atoms with Crippen LogP contribution in [0, 0.1) is 0 Å². The monoisotopic (exact) mass is 167 g/mol. The summed E-state index contributed by atoms with van der Waals surface area (Å²) in [6.45, 7) is 5.31. The fourth-order valence-electron chi connectivity index (χ4n) is 0.517. The Morgan fingerprint density at radius 3 is 2.50 bits per heavy atom. The average molecular weight is 167 g/mol. The Morgan fingerprint density at radius 2 is 2.17 bits per heavy atom. The molecular weight excluding hydrogens is 154 g/mol. The van der Waals surface area contributed by atoms with Gasteiger partial charge in [-0.2, -0.15) is 0 Å². The topological polar surface area (TPSA) is 53.8 Å². The second-order valence-electron chi connectivity index (χ2n) is 2.18. The van der Waals surface area contributed by atoms with E-state index in [4.69, 9.17) is 0 Å². The maximum atomic E-state index is 11.0. The van der Waals surface area contributed by atoms with Gasteiger partial charge < -0.3 is 5.32 Å². The van der Waals surface area contributed by atoms with E-state index in [1.54, 1.807) is 14.0 Å². The number of aliphatic imine (C=N–C) groups is 2. The summed E-state index contributed by atoms with van der Waals surface area (Å²) in [4.78, 5) is 18.6. The van der Waals surface area contributed by atoms with E-state index in [0.717, 1.165) is 0 Å². The van der Waals surface area contributed by atoms with Crippen molar-refractivity contribution in [2.75, 3.05) is 14.1 Å². The molecule has 0 fully saturated rings. The Bertz CT molecular complexity index is 241. The van der Waals surface area contributed by atoms with Gasteiger partial charge in [-0.3, -0.25) is 14.8 Å². The van der Waals surface area contributed by atoms with Gasteiger partial charge in [0.25, 0.3) is 5.91 Å². The molecule has 0 rings (SSSR count). The molecule has 0 aliphatic rings. The zero-order chi connectivity index (χ0) is 9.56. The summed E-state index contributed by atoms with van der Waals surface area (Å²) >= 11 is 0. The molecule has 0 aliphatic carbocycles. The van der Waals surface area contributed by atoms with Crippen molar-refractivity contribution in [3.8, 4) is 0 Å². The lowest BCUT2D eigenvalue weighted by atomic mass is 10.4. The summed E-state index contributed by atoms with van der Waals surface area (Å²) in [5.74, 6) is -0.248. The number of carbonyl (C=O) groups is 1. The van der Waals surface area contributed by atoms with E-state index in [2.05, 4.69) is 21.9 Å². The largest absolute Gasteiger partial charge is 0.354 e. The van der Waals surface area contributed by atoms with Gasteiger partial charge in [-0.15, -0.1) is 0 Å². The summed E-state index contributed by atoms with van der Waals surface area (Å²) in [7, 11) is 3.08. The van der Waals surface area contributed by atoms with E-state index < -0.39 is 0 Å². The minimum Gasteiger partial charge on any atom is -0.354 e. The quantitative estimate of drug-likeness (QED) is 0.608. The average Bonchev–Trinajstić information content (AvgIpc) is 2.04. The molecule has 4 heteroatoms. The molecule has 66 valence electrons. The third kappa shape index (κ3) is 3.65. The van der Waals surface area contributed by atoms with Crippen LogP contribution >= 0.6 is 0 Å². The molecule has 1 N–H and O–H groups in total. The predicted molar refractivity (Wildman–Crippen MR) is 50.7 cm³/mol. The van der Waals surface area contributed by atoms with Crippen LogP contribution in [0.15, 0.2) is 22.3 Å². The summed E-state index contributed by atoms with van der Waals surface area (Å²) in [6.07, 6.45) is 1.39. The third-order valence-corrected chi connectivity index (χ3v) is 1.11. The highest BCUT2D eigenvalue weighted by Crippen LogP contribution is 1.86. The molecule has 0 saturated carbocycles. The number of nitrogens with zero attached hydrogens (tertiary/aromatic N) is 2. The number of nitrogens with one attached hydrogen (secondary N) is 1. The smallest absolute Gasteiger partial charge is 0.270 e. The molecule has 0 aliphatic heterocycles. The first kappa shape index (κ1) is 10.6. The number of hydrogen-bond donors (Lipinski definition) is 1. The minimum absolute atomic E-state index is 0.248. The molecule has 0 atom stereocenters. The van der Waals surface area contributed by atoms with E-state index in [1.165, 1.54) is 13.3 Å². The Balaban J connectivity index is 4.40. The predicted octanol–water partition coefficient (Wildman–Crippen LogP) is 0.408. The number of hydrogen-bond acceptors (Lipinski definition) is 3. The van der Waals surface area contributed by atoms with Gasteiger partial charge in [-0.25, -0.2) is 0 Å². The van der Waals surface area contributed by atoms with Crippen molar-refractivity contribution in [3.05, 3.63) is 12.3 Å². The van der Waals surface area contributed by atoms with E-state index in [0.29, 0.717) is 11.4 Å². The van der Waals surface area contributed by atoms with Crippen LogP contribution in [0.4, 0.5) is 0 Å². The van der Waals surface area contributed by atoms with Gasteiger partial charge in [-0.05, 0) is 6.92 Å². The van der Waals surface area contributed by atoms with Crippen LogP contribution in [0.3, 0.4) is 0 Å². The first-order chi connectivity index (χ1) is 5.61. The van der Waals surface area contributed by atoms with Crippen LogP contribution in [0.2, 0.25) is 0 Å². The molecule has 0 aromatic rings. The highest BCUT2D eigenvalue weighted by Gasteiger charge is 2.03. The maximum absolute atomic E-state index is 11.0. The first-order valence-electron chi connectivity index (χ1n) is 3.50. The standard InChI is InChI=1S/C8H13N3O/c1-6(2)11-5-7(9-3)8(12)10-4/h5H,1H2,2-4H3,(H,10,12). The highest BCUT2D eigenvalue weighted by atomic mass is 16.1. The molecule has 0 heterocycles. The fraction of sp³-hybridized carbons (Fsp3) is 0.375. The van der Waals surface area contributed by atoms with Crippen molar-refractivity contribution in [1.29, 1.82) is 0 Å². The molecular formula is C8H13N3O. The molecule has 0 unspecified atom stereocenters. The molecule has 0 saturated heterocycles. The van der Waals surface area contributed by atoms with E-state index >= 15 is 0 Å². The Labute approximate surface area is 72.1 Å². The van der Waals surface area contributed by atoms with Crippen molar-refractivity contribution in [2.45, 2.75) is 6.92 Å². The lowest BCUT2D eigenvalue weighted by Gasteiger charge is -1.96. The van der Waals surface area contributed by atoms with E-state index in [9.17, 15) is 4.79 Å². The summed E-state index contributed by atoms with van der Waals surface area (Å²) < 4.78 is 0. The van der Waals surface area contributed by atoms with Gasteiger partial charge in [0.15, 0.2) is 0 Å². The van der Waals surface area contributed by atoms with Gasteiger partial charge in [0.1, 0.15) is 5.71 Å². The fourth-order valence-corrected chi connectivity index (χ4v) is 0.517. The number of amides is 1. The van der Waals surface area contributed by atoms with Crippen molar-refractivity contribution in [1.82, 2.24) is 5.32 Å².